The largest absolute Gasteiger partial charge is 0.497 e. The number of thiazole rings is 1. The molecule has 0 amide bonds. The van der Waals surface area contributed by atoms with Crippen molar-refractivity contribution < 1.29 is 24.5 Å². The maximum atomic E-state index is 9.10. The molecule has 8 nitrogen and oxygen atoms in total. The van der Waals surface area contributed by atoms with Crippen LogP contribution in [-0.4, -0.2) is 45.8 Å². The second-order valence-electron chi connectivity index (χ2n) is 7.84. The van der Waals surface area contributed by atoms with Gasteiger partial charge in [0.05, 0.1) is 23.5 Å². The summed E-state index contributed by atoms with van der Waals surface area (Å²) in [6, 6.07) is 12.1. The lowest BCUT2D eigenvalue weighted by Crippen LogP contribution is -2.19. The molecule has 0 saturated heterocycles. The Bertz CT molecular complexity index is 1390. The highest BCUT2D eigenvalue weighted by molar-refractivity contribution is 7.16. The molecule has 0 fully saturated rings. The second kappa shape index (κ2) is 11.8. The fourth-order valence-corrected chi connectivity index (χ4v) is 4.92. The van der Waals surface area contributed by atoms with Gasteiger partial charge in [-0.05, 0) is 50.1 Å². The van der Waals surface area contributed by atoms with Gasteiger partial charge in [0, 0.05) is 40.2 Å². The molecular weight excluding hydrogens is 502 g/mol. The van der Waals surface area contributed by atoms with Crippen LogP contribution in [0.1, 0.15) is 23.8 Å². The van der Waals surface area contributed by atoms with Gasteiger partial charge >= 0.3 is 11.9 Å². The lowest BCUT2D eigenvalue weighted by Gasteiger charge is -2.25. The number of pyridine rings is 1. The van der Waals surface area contributed by atoms with Crippen molar-refractivity contribution in [2.75, 3.05) is 18.6 Å². The van der Waals surface area contributed by atoms with Gasteiger partial charge in [0.1, 0.15) is 5.75 Å². The Balaban J connectivity index is 0.000000538. The van der Waals surface area contributed by atoms with Crippen molar-refractivity contribution in [2.24, 2.45) is 0 Å². The Morgan fingerprint density at radius 2 is 1.83 bits per heavy atom. The van der Waals surface area contributed by atoms with E-state index < -0.39 is 11.9 Å². The minimum atomic E-state index is -1.82. The fraction of sp³-hybridized carbons (Fsp3) is 0.231. The summed E-state index contributed by atoms with van der Waals surface area (Å²) >= 11 is 8.25. The number of aryl methyl sites for hydroxylation is 2. The summed E-state index contributed by atoms with van der Waals surface area (Å²) in [4.78, 5) is 31.0. The summed E-state index contributed by atoms with van der Waals surface area (Å²) in [5, 5.41) is 18.7. The van der Waals surface area contributed by atoms with E-state index in [9.17, 15) is 0 Å². The summed E-state index contributed by atoms with van der Waals surface area (Å²) in [5.74, 6) is -2.91. The Kier molecular flexibility index (Phi) is 8.84. The number of benzene rings is 2. The number of anilines is 2. The molecule has 2 N–H and O–H groups in total. The molecule has 0 aliphatic carbocycles. The van der Waals surface area contributed by atoms with Crippen LogP contribution in [0.15, 0.2) is 48.8 Å². The number of methoxy groups -OCH3 is 1. The Hall–Kier alpha value is -3.69. The first-order valence-corrected chi connectivity index (χ1v) is 12.3. The first-order valence-electron chi connectivity index (χ1n) is 11.1. The van der Waals surface area contributed by atoms with Crippen LogP contribution in [0.3, 0.4) is 0 Å². The molecule has 0 bridgehead atoms. The normalized spacial score (nSPS) is 10.5. The van der Waals surface area contributed by atoms with E-state index in [4.69, 9.17) is 41.1 Å². The number of fused-ring (bicyclic) bond motifs is 1. The van der Waals surface area contributed by atoms with Gasteiger partial charge in [0.2, 0.25) is 0 Å². The van der Waals surface area contributed by atoms with Crippen LogP contribution in [0.4, 0.5) is 10.8 Å². The number of aromatic nitrogens is 2. The van der Waals surface area contributed by atoms with Crippen molar-refractivity contribution in [3.05, 3.63) is 64.3 Å². The van der Waals surface area contributed by atoms with Crippen LogP contribution in [-0.2, 0) is 9.59 Å². The molecule has 2 heterocycles. The van der Waals surface area contributed by atoms with Crippen LogP contribution in [0.5, 0.6) is 5.75 Å². The Morgan fingerprint density at radius 3 is 2.44 bits per heavy atom. The summed E-state index contributed by atoms with van der Waals surface area (Å²) in [6.45, 7) is 7.32. The number of aliphatic carboxylic acids is 2. The van der Waals surface area contributed by atoms with Gasteiger partial charge in [-0.1, -0.05) is 30.7 Å². The number of carbonyl (C=O) groups is 2. The molecule has 0 radical (unpaired) electrons. The van der Waals surface area contributed by atoms with E-state index in [-0.39, 0.29) is 0 Å². The van der Waals surface area contributed by atoms with Crippen molar-refractivity contribution in [2.45, 2.75) is 27.2 Å². The lowest BCUT2D eigenvalue weighted by atomic mass is 10.1. The van der Waals surface area contributed by atoms with Gasteiger partial charge in [0.25, 0.3) is 0 Å². The van der Waals surface area contributed by atoms with E-state index >= 15 is 0 Å². The van der Waals surface area contributed by atoms with Crippen molar-refractivity contribution in [1.82, 2.24) is 9.97 Å². The third-order valence-corrected chi connectivity index (χ3v) is 6.65. The van der Waals surface area contributed by atoms with E-state index in [1.165, 1.54) is 16.6 Å². The molecule has 36 heavy (non-hydrogen) atoms. The quantitative estimate of drug-likeness (QED) is 0.279. The molecule has 0 aliphatic rings. The average molecular weight is 528 g/mol. The summed E-state index contributed by atoms with van der Waals surface area (Å²) in [6.07, 6.45) is 4.78. The molecule has 2 aromatic carbocycles. The molecule has 10 heteroatoms. The van der Waals surface area contributed by atoms with Crippen molar-refractivity contribution in [1.29, 1.82) is 0 Å². The van der Waals surface area contributed by atoms with Crippen LogP contribution in [0.2, 0.25) is 5.02 Å². The Morgan fingerprint density at radius 1 is 1.11 bits per heavy atom. The van der Waals surface area contributed by atoms with Gasteiger partial charge in [-0.2, -0.15) is 0 Å². The molecule has 0 atom stereocenters. The van der Waals surface area contributed by atoms with E-state index in [0.717, 1.165) is 45.4 Å². The van der Waals surface area contributed by atoms with Crippen LogP contribution >= 0.6 is 22.9 Å². The van der Waals surface area contributed by atoms with E-state index in [1.54, 1.807) is 18.4 Å². The molecule has 0 saturated carbocycles. The monoisotopic (exact) mass is 527 g/mol. The molecule has 0 unspecified atom stereocenters. The SMILES string of the molecule is CCCN(c1nc(-c2ccc(OC)cc2Cl)c(C)s1)c1c(C)ccc2cnccc12.O=C(O)C(=O)O. The first-order chi connectivity index (χ1) is 17.2. The molecule has 4 aromatic rings. The zero-order valence-electron chi connectivity index (χ0n) is 20.3. The van der Waals surface area contributed by atoms with Crippen LogP contribution < -0.4 is 9.64 Å². The van der Waals surface area contributed by atoms with E-state index in [2.05, 4.69) is 48.9 Å². The number of rotatable bonds is 6. The number of carboxylic acid groups (broad SMARTS) is 2. The fourth-order valence-electron chi connectivity index (χ4n) is 3.71. The predicted octanol–water partition coefficient (Wildman–Crippen LogP) is 6.34. The minimum Gasteiger partial charge on any atom is -0.497 e. The smallest absolute Gasteiger partial charge is 0.414 e. The molecule has 0 spiro atoms. The highest BCUT2D eigenvalue weighted by atomic mass is 35.5. The zero-order valence-corrected chi connectivity index (χ0v) is 21.9. The number of hydrogen-bond acceptors (Lipinski definition) is 7. The highest BCUT2D eigenvalue weighted by Gasteiger charge is 2.21. The number of nitrogens with zero attached hydrogens (tertiary/aromatic N) is 3. The molecule has 0 aliphatic heterocycles. The van der Waals surface area contributed by atoms with E-state index in [0.29, 0.717) is 5.02 Å². The minimum absolute atomic E-state index is 0.642. The molecule has 2 aromatic heterocycles. The summed E-state index contributed by atoms with van der Waals surface area (Å²) < 4.78 is 5.29. The van der Waals surface area contributed by atoms with Crippen molar-refractivity contribution in [3.63, 3.8) is 0 Å². The average Bonchev–Trinajstić information content (AvgIpc) is 3.24. The number of carboxylic acids is 2. The van der Waals surface area contributed by atoms with Gasteiger partial charge < -0.3 is 19.8 Å². The molecule has 4 rings (SSSR count). The van der Waals surface area contributed by atoms with Crippen LogP contribution in [0.25, 0.3) is 22.0 Å². The third-order valence-electron chi connectivity index (χ3n) is 5.34. The van der Waals surface area contributed by atoms with Gasteiger partial charge in [-0.3, -0.25) is 4.98 Å². The number of hydrogen-bond donors (Lipinski definition) is 2. The zero-order chi connectivity index (χ0) is 26.4. The highest BCUT2D eigenvalue weighted by Crippen LogP contribution is 2.41. The maximum absolute atomic E-state index is 9.10. The lowest BCUT2D eigenvalue weighted by molar-refractivity contribution is -0.159. The van der Waals surface area contributed by atoms with Crippen LogP contribution in [0, 0.1) is 13.8 Å². The van der Waals surface area contributed by atoms with Gasteiger partial charge in [-0.25, -0.2) is 14.6 Å². The maximum Gasteiger partial charge on any atom is 0.414 e. The topological polar surface area (TPSA) is 113 Å². The van der Waals surface area contributed by atoms with Gasteiger partial charge in [0.15, 0.2) is 5.13 Å². The first kappa shape index (κ1) is 26.9. The Labute approximate surface area is 217 Å². The number of halogens is 1. The predicted molar refractivity (Wildman–Crippen MR) is 143 cm³/mol. The van der Waals surface area contributed by atoms with Crippen molar-refractivity contribution in [3.8, 4) is 17.0 Å². The third kappa shape index (κ3) is 5.92. The van der Waals surface area contributed by atoms with Gasteiger partial charge in [-0.15, -0.1) is 11.3 Å². The number of ether oxygens (including phenoxy) is 1. The standard InChI is InChI=1S/C24H24ClN3OS.C2H2O4/c1-5-12-28(23-15(2)6-7-17-14-26-11-10-19(17)23)24-27-22(16(3)30-24)20-9-8-18(29-4)13-21(20)25;3-1(4)2(5)6/h6-11,13-14H,5,12H2,1-4H3;(H,3,4)(H,5,6). The molecular formula is C26H26ClN3O5S. The van der Waals surface area contributed by atoms with E-state index in [1.807, 2.05) is 30.6 Å². The summed E-state index contributed by atoms with van der Waals surface area (Å²) in [7, 11) is 1.64. The summed E-state index contributed by atoms with van der Waals surface area (Å²) in [5.41, 5.74) is 4.26. The second-order valence-corrected chi connectivity index (χ2v) is 9.43. The van der Waals surface area contributed by atoms with Crippen molar-refractivity contribution >= 4 is 56.5 Å². The molecule has 188 valence electrons.